The molecule has 0 spiro atoms. The fraction of sp³-hybridized carbons (Fsp3) is 0.556. The molecule has 0 radical (unpaired) electrons. The lowest BCUT2D eigenvalue weighted by Gasteiger charge is -2.23. The quantitative estimate of drug-likeness (QED) is 0.0913. The SMILES string of the molecule is CCCCCCCCCCCCCCOc1cc(CN(C(=O)CC)c2cccc(C[n+]3csc(C)c3)c2)ccc1OC. The Hall–Kier alpha value is -2.86. The summed E-state index contributed by atoms with van der Waals surface area (Å²) in [5, 5.41) is 0. The van der Waals surface area contributed by atoms with Crippen molar-refractivity contribution in [2.45, 2.75) is 117 Å². The lowest BCUT2D eigenvalue weighted by molar-refractivity contribution is -0.683. The molecule has 6 heteroatoms. The number of hydrogen-bond donors (Lipinski definition) is 0. The summed E-state index contributed by atoms with van der Waals surface area (Å²) in [6.07, 6.45) is 18.5. The van der Waals surface area contributed by atoms with Crippen LogP contribution in [-0.2, 0) is 17.9 Å². The van der Waals surface area contributed by atoms with Crippen LogP contribution in [-0.4, -0.2) is 19.6 Å². The minimum absolute atomic E-state index is 0.0981. The summed E-state index contributed by atoms with van der Waals surface area (Å²) in [7, 11) is 1.68. The van der Waals surface area contributed by atoms with E-state index < -0.39 is 0 Å². The summed E-state index contributed by atoms with van der Waals surface area (Å²) in [5.41, 5.74) is 5.25. The summed E-state index contributed by atoms with van der Waals surface area (Å²) in [5.74, 6) is 1.58. The number of carbonyl (C=O) groups is 1. The van der Waals surface area contributed by atoms with Crippen LogP contribution in [0.4, 0.5) is 5.69 Å². The van der Waals surface area contributed by atoms with Gasteiger partial charge in [-0.25, -0.2) is 0 Å². The van der Waals surface area contributed by atoms with Gasteiger partial charge in [-0.3, -0.25) is 4.79 Å². The van der Waals surface area contributed by atoms with Gasteiger partial charge in [-0.2, -0.15) is 4.57 Å². The zero-order chi connectivity index (χ0) is 30.0. The third-order valence-electron chi connectivity index (χ3n) is 7.74. The van der Waals surface area contributed by atoms with Crippen molar-refractivity contribution in [1.29, 1.82) is 0 Å². The van der Waals surface area contributed by atoms with E-state index in [1.165, 1.54) is 81.1 Å². The maximum Gasteiger partial charge on any atom is 0.227 e. The highest BCUT2D eigenvalue weighted by atomic mass is 32.1. The molecular formula is C36H53N2O3S+. The smallest absolute Gasteiger partial charge is 0.227 e. The van der Waals surface area contributed by atoms with E-state index in [-0.39, 0.29) is 5.91 Å². The number of methoxy groups -OCH3 is 1. The van der Waals surface area contributed by atoms with Gasteiger partial charge in [0, 0.05) is 17.7 Å². The van der Waals surface area contributed by atoms with E-state index in [0.29, 0.717) is 19.6 Å². The van der Waals surface area contributed by atoms with Gasteiger partial charge in [0.15, 0.2) is 24.2 Å². The Bertz CT molecular complexity index is 1190. The molecule has 0 N–H and O–H groups in total. The summed E-state index contributed by atoms with van der Waals surface area (Å²) in [6.45, 7) is 8.26. The van der Waals surface area contributed by atoms with E-state index in [2.05, 4.69) is 42.3 Å². The molecule has 0 unspecified atom stereocenters. The molecule has 42 heavy (non-hydrogen) atoms. The number of aromatic nitrogens is 1. The van der Waals surface area contributed by atoms with Crippen molar-refractivity contribution in [3.05, 3.63) is 70.2 Å². The van der Waals surface area contributed by atoms with Gasteiger partial charge >= 0.3 is 0 Å². The molecular weight excluding hydrogens is 540 g/mol. The molecule has 230 valence electrons. The molecule has 3 rings (SSSR count). The van der Waals surface area contributed by atoms with Crippen molar-refractivity contribution in [3.8, 4) is 11.5 Å². The van der Waals surface area contributed by atoms with Crippen LogP contribution in [0.1, 0.15) is 113 Å². The first-order valence-corrected chi connectivity index (χ1v) is 17.0. The van der Waals surface area contributed by atoms with Gasteiger partial charge in [0.2, 0.25) is 11.4 Å². The second-order valence-corrected chi connectivity index (χ2v) is 12.5. The van der Waals surface area contributed by atoms with E-state index in [1.807, 2.05) is 42.2 Å². The van der Waals surface area contributed by atoms with Gasteiger partial charge in [0.1, 0.15) is 0 Å². The van der Waals surface area contributed by atoms with Gasteiger partial charge in [0.05, 0.1) is 25.1 Å². The van der Waals surface area contributed by atoms with E-state index in [1.54, 1.807) is 18.4 Å². The Balaban J connectivity index is 1.50. The van der Waals surface area contributed by atoms with Crippen molar-refractivity contribution in [1.82, 2.24) is 0 Å². The predicted octanol–water partition coefficient (Wildman–Crippen LogP) is 9.42. The molecule has 0 bridgehead atoms. The van der Waals surface area contributed by atoms with Crippen LogP contribution in [0.15, 0.2) is 54.2 Å². The topological polar surface area (TPSA) is 42.7 Å². The number of ether oxygens (including phenoxy) is 2. The molecule has 5 nitrogen and oxygen atoms in total. The molecule has 0 saturated carbocycles. The number of hydrogen-bond acceptors (Lipinski definition) is 4. The Morgan fingerprint density at radius 1 is 0.833 bits per heavy atom. The van der Waals surface area contributed by atoms with E-state index >= 15 is 0 Å². The van der Waals surface area contributed by atoms with Crippen molar-refractivity contribution in [2.75, 3.05) is 18.6 Å². The fourth-order valence-electron chi connectivity index (χ4n) is 5.32. The summed E-state index contributed by atoms with van der Waals surface area (Å²) in [4.78, 5) is 16.2. The number of amides is 1. The lowest BCUT2D eigenvalue weighted by Crippen LogP contribution is -2.32. The van der Waals surface area contributed by atoms with Crippen LogP contribution in [0.5, 0.6) is 11.5 Å². The average Bonchev–Trinajstić information content (AvgIpc) is 3.42. The van der Waals surface area contributed by atoms with E-state index in [0.717, 1.165) is 35.7 Å². The maximum atomic E-state index is 13.1. The highest BCUT2D eigenvalue weighted by Gasteiger charge is 2.17. The molecule has 1 amide bonds. The molecule has 1 aromatic heterocycles. The third-order valence-corrected chi connectivity index (χ3v) is 8.59. The number of unbranched alkanes of at least 4 members (excludes halogenated alkanes) is 11. The molecule has 1 heterocycles. The highest BCUT2D eigenvalue weighted by molar-refractivity contribution is 7.09. The number of benzene rings is 2. The molecule has 0 aliphatic rings. The van der Waals surface area contributed by atoms with Crippen LogP contribution in [0.3, 0.4) is 0 Å². The van der Waals surface area contributed by atoms with Gasteiger partial charge in [-0.05, 0) is 43.2 Å². The van der Waals surface area contributed by atoms with Crippen LogP contribution in [0, 0.1) is 6.92 Å². The lowest BCUT2D eigenvalue weighted by atomic mass is 10.1. The monoisotopic (exact) mass is 593 g/mol. The second kappa shape index (κ2) is 19.4. The summed E-state index contributed by atoms with van der Waals surface area (Å²) >= 11 is 1.74. The molecule has 0 fully saturated rings. The zero-order valence-corrected chi connectivity index (χ0v) is 27.4. The van der Waals surface area contributed by atoms with E-state index in [4.69, 9.17) is 9.47 Å². The van der Waals surface area contributed by atoms with Crippen molar-refractivity contribution in [3.63, 3.8) is 0 Å². The Kier molecular flexibility index (Phi) is 15.5. The van der Waals surface area contributed by atoms with Crippen molar-refractivity contribution >= 4 is 22.9 Å². The standard InChI is InChI=1S/C36H53N2O3S/c1-5-7-8-9-10-11-12-13-14-15-16-17-23-41-35-25-32(21-22-34(35)40-4)28-38(36(39)6-2)33-20-18-19-31(24-33)27-37-26-30(3)42-29-37/h18-22,24-26,29H,5-17,23,27-28H2,1-4H3/q+1. The molecule has 0 atom stereocenters. The average molecular weight is 594 g/mol. The number of rotatable bonds is 21. The number of thiazole rings is 1. The first-order chi connectivity index (χ1) is 20.5. The summed E-state index contributed by atoms with van der Waals surface area (Å²) in [6, 6.07) is 14.3. The Morgan fingerprint density at radius 2 is 1.52 bits per heavy atom. The normalized spacial score (nSPS) is 11.0. The van der Waals surface area contributed by atoms with Gasteiger partial charge in [-0.15, -0.1) is 0 Å². The van der Waals surface area contributed by atoms with Crippen LogP contribution in [0.2, 0.25) is 0 Å². The number of carbonyl (C=O) groups excluding carboxylic acids is 1. The first-order valence-electron chi connectivity index (χ1n) is 16.2. The van der Waals surface area contributed by atoms with Crippen LogP contribution < -0.4 is 18.9 Å². The predicted molar refractivity (Wildman–Crippen MR) is 176 cm³/mol. The Labute approximate surface area is 258 Å². The highest BCUT2D eigenvalue weighted by Crippen LogP contribution is 2.30. The molecule has 0 saturated heterocycles. The van der Waals surface area contributed by atoms with E-state index in [9.17, 15) is 4.79 Å². The van der Waals surface area contributed by atoms with Crippen LogP contribution in [0.25, 0.3) is 0 Å². The number of aryl methyl sites for hydroxylation is 1. The molecule has 0 aliphatic heterocycles. The van der Waals surface area contributed by atoms with Crippen molar-refractivity contribution < 1.29 is 18.8 Å². The summed E-state index contributed by atoms with van der Waals surface area (Å²) < 4.78 is 14.0. The maximum absolute atomic E-state index is 13.1. The molecule has 2 aromatic carbocycles. The third kappa shape index (κ3) is 11.8. The minimum Gasteiger partial charge on any atom is -0.493 e. The van der Waals surface area contributed by atoms with Crippen molar-refractivity contribution in [2.24, 2.45) is 0 Å². The first kappa shape index (κ1) is 33.6. The second-order valence-electron chi connectivity index (χ2n) is 11.4. The largest absolute Gasteiger partial charge is 0.493 e. The Morgan fingerprint density at radius 3 is 2.14 bits per heavy atom. The fourth-order valence-corrected chi connectivity index (χ4v) is 5.95. The number of anilines is 1. The number of nitrogens with zero attached hydrogens (tertiary/aromatic N) is 2. The molecule has 0 aliphatic carbocycles. The van der Waals surface area contributed by atoms with Crippen LogP contribution >= 0.6 is 11.3 Å². The zero-order valence-electron chi connectivity index (χ0n) is 26.5. The minimum atomic E-state index is 0.0981. The van der Waals surface area contributed by atoms with Gasteiger partial charge in [0.25, 0.3) is 0 Å². The molecule has 3 aromatic rings. The van der Waals surface area contributed by atoms with Gasteiger partial charge in [-0.1, -0.05) is 114 Å². The van der Waals surface area contributed by atoms with Gasteiger partial charge < -0.3 is 14.4 Å².